The Bertz CT molecular complexity index is 577. The van der Waals surface area contributed by atoms with Crippen LogP contribution in [0.1, 0.15) is 19.4 Å². The van der Waals surface area contributed by atoms with Crippen LogP contribution in [-0.2, 0) is 4.79 Å². The standard InChI is InChI=1S/C13H15NO3S/c1-7(2)11(12(15)16)18-13-14-9-6-8(3)4-5-10(9)17-13/h4-7,11H,1-3H3,(H,15,16). The van der Waals surface area contributed by atoms with E-state index in [0.717, 1.165) is 22.8 Å². The van der Waals surface area contributed by atoms with Crippen LogP contribution in [0.5, 0.6) is 0 Å². The van der Waals surface area contributed by atoms with Gasteiger partial charge in [-0.1, -0.05) is 31.7 Å². The second kappa shape index (κ2) is 5.02. The monoisotopic (exact) mass is 265 g/mol. The molecule has 1 N–H and O–H groups in total. The van der Waals surface area contributed by atoms with E-state index in [1.165, 1.54) is 0 Å². The Labute approximate surface area is 109 Å². The number of nitrogens with zero attached hydrogens (tertiary/aromatic N) is 1. The number of thioether (sulfide) groups is 1. The van der Waals surface area contributed by atoms with Crippen LogP contribution in [0.15, 0.2) is 27.8 Å². The van der Waals surface area contributed by atoms with Crippen molar-refractivity contribution in [2.75, 3.05) is 0 Å². The van der Waals surface area contributed by atoms with Gasteiger partial charge in [0.15, 0.2) is 5.58 Å². The number of fused-ring (bicyclic) bond motifs is 1. The summed E-state index contributed by atoms with van der Waals surface area (Å²) < 4.78 is 5.54. The molecule has 0 bridgehead atoms. The highest BCUT2D eigenvalue weighted by molar-refractivity contribution is 8.00. The first-order chi connectivity index (χ1) is 8.47. The Hall–Kier alpha value is -1.49. The molecule has 2 rings (SSSR count). The summed E-state index contributed by atoms with van der Waals surface area (Å²) in [6, 6.07) is 5.72. The lowest BCUT2D eigenvalue weighted by Gasteiger charge is -2.12. The fourth-order valence-electron chi connectivity index (χ4n) is 1.65. The Morgan fingerprint density at radius 3 is 2.78 bits per heavy atom. The lowest BCUT2D eigenvalue weighted by Crippen LogP contribution is -2.22. The van der Waals surface area contributed by atoms with E-state index in [4.69, 9.17) is 9.52 Å². The number of aryl methyl sites for hydroxylation is 1. The van der Waals surface area contributed by atoms with Gasteiger partial charge in [-0.25, -0.2) is 4.98 Å². The van der Waals surface area contributed by atoms with Crippen molar-refractivity contribution >= 4 is 28.8 Å². The zero-order valence-corrected chi connectivity index (χ0v) is 11.3. The van der Waals surface area contributed by atoms with Crippen LogP contribution in [0.25, 0.3) is 11.1 Å². The van der Waals surface area contributed by atoms with E-state index >= 15 is 0 Å². The molecule has 4 nitrogen and oxygen atoms in total. The molecule has 1 aromatic carbocycles. The zero-order chi connectivity index (χ0) is 13.3. The number of oxazole rings is 1. The number of benzene rings is 1. The molecule has 5 heteroatoms. The van der Waals surface area contributed by atoms with Crippen LogP contribution >= 0.6 is 11.8 Å². The van der Waals surface area contributed by atoms with E-state index in [0.29, 0.717) is 10.8 Å². The number of hydrogen-bond acceptors (Lipinski definition) is 4. The molecule has 0 saturated carbocycles. The van der Waals surface area contributed by atoms with Crippen molar-refractivity contribution in [1.29, 1.82) is 0 Å². The quantitative estimate of drug-likeness (QED) is 0.859. The fraction of sp³-hybridized carbons (Fsp3) is 0.385. The number of carboxylic acid groups (broad SMARTS) is 1. The van der Waals surface area contributed by atoms with Gasteiger partial charge < -0.3 is 9.52 Å². The van der Waals surface area contributed by atoms with Gasteiger partial charge in [0.25, 0.3) is 5.22 Å². The molecule has 1 aromatic heterocycles. The van der Waals surface area contributed by atoms with Crippen molar-refractivity contribution in [2.24, 2.45) is 5.92 Å². The number of aliphatic carboxylic acids is 1. The minimum absolute atomic E-state index is 0.0178. The maximum absolute atomic E-state index is 11.1. The van der Waals surface area contributed by atoms with Gasteiger partial charge in [0.05, 0.1) is 0 Å². The van der Waals surface area contributed by atoms with E-state index < -0.39 is 11.2 Å². The molecule has 18 heavy (non-hydrogen) atoms. The van der Waals surface area contributed by atoms with Gasteiger partial charge in [-0.15, -0.1) is 0 Å². The second-order valence-corrected chi connectivity index (χ2v) is 5.66. The predicted octanol–water partition coefficient (Wildman–Crippen LogP) is 3.34. The number of rotatable bonds is 4. The Morgan fingerprint density at radius 2 is 2.17 bits per heavy atom. The van der Waals surface area contributed by atoms with Crippen molar-refractivity contribution in [3.05, 3.63) is 23.8 Å². The number of aromatic nitrogens is 1. The molecule has 0 spiro atoms. The molecule has 0 fully saturated rings. The Morgan fingerprint density at radius 1 is 1.44 bits per heavy atom. The lowest BCUT2D eigenvalue weighted by molar-refractivity contribution is -0.137. The molecule has 2 aromatic rings. The molecule has 96 valence electrons. The van der Waals surface area contributed by atoms with Crippen LogP contribution in [0, 0.1) is 12.8 Å². The third-order valence-corrected chi connectivity index (χ3v) is 3.98. The summed E-state index contributed by atoms with van der Waals surface area (Å²) in [4.78, 5) is 15.4. The number of carbonyl (C=O) groups is 1. The third-order valence-electron chi connectivity index (χ3n) is 2.60. The second-order valence-electron chi connectivity index (χ2n) is 4.57. The first-order valence-electron chi connectivity index (χ1n) is 5.74. The van der Waals surface area contributed by atoms with Crippen molar-refractivity contribution in [3.63, 3.8) is 0 Å². The van der Waals surface area contributed by atoms with E-state index in [2.05, 4.69) is 4.98 Å². The van der Waals surface area contributed by atoms with E-state index in [9.17, 15) is 4.79 Å². The predicted molar refractivity (Wildman–Crippen MR) is 70.9 cm³/mol. The summed E-state index contributed by atoms with van der Waals surface area (Å²) in [6.07, 6.45) is 0. The highest BCUT2D eigenvalue weighted by Gasteiger charge is 2.25. The molecule has 0 saturated heterocycles. The molecule has 1 heterocycles. The average Bonchev–Trinajstić information content (AvgIpc) is 2.66. The third kappa shape index (κ3) is 2.67. The highest BCUT2D eigenvalue weighted by Crippen LogP contribution is 2.30. The minimum atomic E-state index is -0.839. The molecule has 1 unspecified atom stereocenters. The summed E-state index contributed by atoms with van der Waals surface area (Å²) >= 11 is 1.16. The molecule has 0 aliphatic rings. The topological polar surface area (TPSA) is 63.3 Å². The average molecular weight is 265 g/mol. The number of hydrogen-bond donors (Lipinski definition) is 1. The summed E-state index contributed by atoms with van der Waals surface area (Å²) in [7, 11) is 0. The van der Waals surface area contributed by atoms with Crippen molar-refractivity contribution in [3.8, 4) is 0 Å². The summed E-state index contributed by atoms with van der Waals surface area (Å²) in [5.74, 6) is -0.822. The Balaban J connectivity index is 2.28. The van der Waals surface area contributed by atoms with Crippen molar-refractivity contribution in [1.82, 2.24) is 4.98 Å². The number of carboxylic acids is 1. The molecule has 0 aliphatic heterocycles. The molecule has 0 radical (unpaired) electrons. The normalized spacial score (nSPS) is 13.1. The van der Waals surface area contributed by atoms with E-state index in [-0.39, 0.29) is 5.92 Å². The van der Waals surface area contributed by atoms with Crippen LogP contribution in [-0.4, -0.2) is 21.3 Å². The summed E-state index contributed by atoms with van der Waals surface area (Å²) in [5.41, 5.74) is 2.56. The first-order valence-corrected chi connectivity index (χ1v) is 6.62. The van der Waals surface area contributed by atoms with Gasteiger partial charge in [0.1, 0.15) is 10.8 Å². The first kappa shape index (κ1) is 13.0. The smallest absolute Gasteiger partial charge is 0.317 e. The SMILES string of the molecule is Cc1ccc2oc(SC(C(=O)O)C(C)C)nc2c1. The molecule has 0 amide bonds. The van der Waals surface area contributed by atoms with Gasteiger partial charge in [0, 0.05) is 0 Å². The molecular formula is C13H15NO3S. The molecule has 1 atom stereocenters. The summed E-state index contributed by atoms with van der Waals surface area (Å²) in [5, 5.41) is 9.00. The van der Waals surface area contributed by atoms with Gasteiger partial charge in [-0.3, -0.25) is 4.79 Å². The van der Waals surface area contributed by atoms with Crippen molar-refractivity contribution < 1.29 is 14.3 Å². The fourth-order valence-corrected chi connectivity index (χ4v) is 2.53. The van der Waals surface area contributed by atoms with E-state index in [1.54, 1.807) is 0 Å². The zero-order valence-electron chi connectivity index (χ0n) is 10.5. The van der Waals surface area contributed by atoms with Crippen LogP contribution < -0.4 is 0 Å². The minimum Gasteiger partial charge on any atom is -0.480 e. The molecule has 0 aliphatic carbocycles. The van der Waals surface area contributed by atoms with Crippen LogP contribution in [0.3, 0.4) is 0 Å². The maximum Gasteiger partial charge on any atom is 0.317 e. The van der Waals surface area contributed by atoms with Gasteiger partial charge in [-0.2, -0.15) is 0 Å². The Kier molecular flexibility index (Phi) is 3.61. The van der Waals surface area contributed by atoms with Crippen LogP contribution in [0.2, 0.25) is 0 Å². The largest absolute Gasteiger partial charge is 0.480 e. The molecular weight excluding hydrogens is 250 g/mol. The van der Waals surface area contributed by atoms with Crippen molar-refractivity contribution in [2.45, 2.75) is 31.2 Å². The summed E-state index contributed by atoms with van der Waals surface area (Å²) in [6.45, 7) is 5.73. The van der Waals surface area contributed by atoms with Gasteiger partial charge >= 0.3 is 5.97 Å². The van der Waals surface area contributed by atoms with Crippen LogP contribution in [0.4, 0.5) is 0 Å². The van der Waals surface area contributed by atoms with Gasteiger partial charge in [-0.05, 0) is 30.5 Å². The maximum atomic E-state index is 11.1. The lowest BCUT2D eigenvalue weighted by atomic mass is 10.1. The van der Waals surface area contributed by atoms with E-state index in [1.807, 2.05) is 39.0 Å². The highest BCUT2D eigenvalue weighted by atomic mass is 32.2. The van der Waals surface area contributed by atoms with Gasteiger partial charge in [0.2, 0.25) is 0 Å².